The summed E-state index contributed by atoms with van der Waals surface area (Å²) in [5.74, 6) is -0.0409. The lowest BCUT2D eigenvalue weighted by atomic mass is 9.95. The Kier molecular flexibility index (Phi) is 3.97. The monoisotopic (exact) mass is 370 g/mol. The van der Waals surface area contributed by atoms with E-state index >= 15 is 0 Å². The second-order valence-electron chi connectivity index (χ2n) is 5.64. The SMILES string of the molecule is O=C1CCN(c2ccc(Cl)c(Br)c2)C(=O)C2(CCCC2)N1. The molecule has 0 unspecified atom stereocenters. The fourth-order valence-electron chi connectivity index (χ4n) is 3.17. The Morgan fingerprint density at radius 3 is 2.62 bits per heavy atom. The van der Waals surface area contributed by atoms with E-state index in [0.29, 0.717) is 18.0 Å². The van der Waals surface area contributed by atoms with Crippen LogP contribution in [0.2, 0.25) is 5.02 Å². The third kappa shape index (κ3) is 2.69. The summed E-state index contributed by atoms with van der Waals surface area (Å²) in [6.45, 7) is 0.403. The molecule has 2 amide bonds. The van der Waals surface area contributed by atoms with Gasteiger partial charge in [0.15, 0.2) is 0 Å². The predicted molar refractivity (Wildman–Crippen MR) is 85.5 cm³/mol. The van der Waals surface area contributed by atoms with Crippen molar-refractivity contribution in [2.45, 2.75) is 37.6 Å². The van der Waals surface area contributed by atoms with Crippen molar-refractivity contribution in [3.8, 4) is 0 Å². The number of benzene rings is 1. The first-order chi connectivity index (χ1) is 10.0. The summed E-state index contributed by atoms with van der Waals surface area (Å²) in [7, 11) is 0. The van der Waals surface area contributed by atoms with Gasteiger partial charge >= 0.3 is 0 Å². The van der Waals surface area contributed by atoms with Gasteiger partial charge in [0.2, 0.25) is 5.91 Å². The Bertz CT molecular complexity index is 599. The molecule has 6 heteroatoms. The van der Waals surface area contributed by atoms with Crippen molar-refractivity contribution in [2.24, 2.45) is 0 Å². The fraction of sp³-hybridized carbons (Fsp3) is 0.467. The van der Waals surface area contributed by atoms with Crippen LogP contribution in [0.3, 0.4) is 0 Å². The maximum atomic E-state index is 13.0. The van der Waals surface area contributed by atoms with E-state index < -0.39 is 5.54 Å². The highest BCUT2D eigenvalue weighted by Crippen LogP contribution is 2.36. The molecule has 1 aromatic carbocycles. The Morgan fingerprint density at radius 2 is 1.95 bits per heavy atom. The lowest BCUT2D eigenvalue weighted by molar-refractivity contribution is -0.129. The van der Waals surface area contributed by atoms with Crippen LogP contribution in [0, 0.1) is 0 Å². The summed E-state index contributed by atoms with van der Waals surface area (Å²) >= 11 is 9.40. The summed E-state index contributed by atoms with van der Waals surface area (Å²) in [5.41, 5.74) is 0.0683. The van der Waals surface area contributed by atoms with Gasteiger partial charge in [-0.05, 0) is 47.0 Å². The molecule has 112 valence electrons. The minimum absolute atomic E-state index is 0.0000671. The molecule has 1 N–H and O–H groups in total. The minimum Gasteiger partial charge on any atom is -0.342 e. The van der Waals surface area contributed by atoms with E-state index in [1.54, 1.807) is 11.0 Å². The zero-order valence-electron chi connectivity index (χ0n) is 11.5. The van der Waals surface area contributed by atoms with Gasteiger partial charge in [-0.2, -0.15) is 0 Å². The average Bonchev–Trinajstić information content (AvgIpc) is 2.87. The molecular weight excluding hydrogens is 356 g/mol. The number of nitrogens with one attached hydrogen (secondary N) is 1. The molecule has 0 bridgehead atoms. The van der Waals surface area contributed by atoms with Gasteiger partial charge in [0.25, 0.3) is 5.91 Å². The van der Waals surface area contributed by atoms with Crippen molar-refractivity contribution in [3.05, 3.63) is 27.7 Å². The molecule has 2 fully saturated rings. The van der Waals surface area contributed by atoms with Gasteiger partial charge in [0.05, 0.1) is 5.02 Å². The molecule has 4 nitrogen and oxygen atoms in total. The molecule has 1 aliphatic heterocycles. The number of halogens is 2. The van der Waals surface area contributed by atoms with Gasteiger partial charge < -0.3 is 10.2 Å². The van der Waals surface area contributed by atoms with E-state index in [4.69, 9.17) is 11.6 Å². The zero-order chi connectivity index (χ0) is 15.0. The smallest absolute Gasteiger partial charge is 0.252 e. The Balaban J connectivity index is 1.98. The second-order valence-corrected chi connectivity index (χ2v) is 6.90. The van der Waals surface area contributed by atoms with Crippen molar-refractivity contribution in [1.82, 2.24) is 5.32 Å². The van der Waals surface area contributed by atoms with E-state index in [9.17, 15) is 9.59 Å². The number of nitrogens with zero attached hydrogens (tertiary/aromatic N) is 1. The number of carbonyl (C=O) groups is 2. The molecule has 1 spiro atoms. The topological polar surface area (TPSA) is 49.4 Å². The van der Waals surface area contributed by atoms with E-state index in [2.05, 4.69) is 21.2 Å². The summed E-state index contributed by atoms with van der Waals surface area (Å²) < 4.78 is 0.749. The van der Waals surface area contributed by atoms with Crippen LogP contribution >= 0.6 is 27.5 Å². The van der Waals surface area contributed by atoms with Gasteiger partial charge in [-0.3, -0.25) is 9.59 Å². The molecular formula is C15H16BrClN2O2. The van der Waals surface area contributed by atoms with Crippen molar-refractivity contribution in [3.63, 3.8) is 0 Å². The first kappa shape index (κ1) is 14.9. The standard InChI is InChI=1S/C15H16BrClN2O2/c16-11-9-10(3-4-12(11)17)19-8-5-13(20)18-15(14(19)21)6-1-2-7-15/h3-4,9H,1-2,5-8H2,(H,18,20). The predicted octanol–water partition coefficient (Wildman–Crippen LogP) is 3.27. The Hall–Kier alpha value is -1.07. The molecule has 0 atom stereocenters. The molecule has 2 aliphatic rings. The molecule has 0 radical (unpaired) electrons. The maximum Gasteiger partial charge on any atom is 0.252 e. The third-order valence-electron chi connectivity index (χ3n) is 4.27. The highest BCUT2D eigenvalue weighted by Gasteiger charge is 2.46. The van der Waals surface area contributed by atoms with Crippen LogP contribution in [0.4, 0.5) is 5.69 Å². The summed E-state index contributed by atoms with van der Waals surface area (Å²) in [6, 6.07) is 5.41. The molecule has 1 aromatic rings. The molecule has 1 aliphatic carbocycles. The number of carbonyl (C=O) groups excluding carboxylic acids is 2. The number of amides is 2. The van der Waals surface area contributed by atoms with Crippen molar-refractivity contribution in [1.29, 1.82) is 0 Å². The molecule has 21 heavy (non-hydrogen) atoms. The van der Waals surface area contributed by atoms with Gasteiger partial charge in [-0.15, -0.1) is 0 Å². The van der Waals surface area contributed by atoms with Gasteiger partial charge in [0.1, 0.15) is 5.54 Å². The number of anilines is 1. The molecule has 1 saturated heterocycles. The lowest BCUT2D eigenvalue weighted by Crippen LogP contribution is -2.55. The number of rotatable bonds is 1. The zero-order valence-corrected chi connectivity index (χ0v) is 13.8. The van der Waals surface area contributed by atoms with E-state index in [1.807, 2.05) is 12.1 Å². The molecule has 1 heterocycles. The van der Waals surface area contributed by atoms with Crippen molar-refractivity contribution >= 4 is 45.0 Å². The van der Waals surface area contributed by atoms with E-state index in [1.165, 1.54) is 0 Å². The maximum absolute atomic E-state index is 13.0. The van der Waals surface area contributed by atoms with Crippen LogP contribution in [0.5, 0.6) is 0 Å². The second kappa shape index (κ2) is 5.61. The minimum atomic E-state index is -0.709. The highest BCUT2D eigenvalue weighted by atomic mass is 79.9. The third-order valence-corrected chi connectivity index (χ3v) is 5.48. The van der Waals surface area contributed by atoms with Crippen LogP contribution in [-0.2, 0) is 9.59 Å². The molecule has 3 rings (SSSR count). The van der Waals surface area contributed by atoms with Crippen LogP contribution in [0.1, 0.15) is 32.1 Å². The normalized spacial score (nSPS) is 21.5. The highest BCUT2D eigenvalue weighted by molar-refractivity contribution is 9.10. The van der Waals surface area contributed by atoms with Crippen LogP contribution in [0.15, 0.2) is 22.7 Å². The Labute approximate surface area is 137 Å². The molecule has 0 aromatic heterocycles. The number of hydrogen-bond acceptors (Lipinski definition) is 2. The molecule has 1 saturated carbocycles. The first-order valence-corrected chi connectivity index (χ1v) is 8.27. The lowest BCUT2D eigenvalue weighted by Gasteiger charge is -2.31. The van der Waals surface area contributed by atoms with Crippen molar-refractivity contribution < 1.29 is 9.59 Å². The van der Waals surface area contributed by atoms with Crippen LogP contribution in [-0.4, -0.2) is 23.9 Å². The van der Waals surface area contributed by atoms with E-state index in [0.717, 1.165) is 35.8 Å². The van der Waals surface area contributed by atoms with Crippen LogP contribution in [0.25, 0.3) is 0 Å². The summed E-state index contributed by atoms with van der Waals surface area (Å²) in [6.07, 6.45) is 3.73. The summed E-state index contributed by atoms with van der Waals surface area (Å²) in [5, 5.41) is 3.56. The quantitative estimate of drug-likeness (QED) is 0.823. The van der Waals surface area contributed by atoms with Crippen molar-refractivity contribution in [2.75, 3.05) is 11.4 Å². The van der Waals surface area contributed by atoms with Gasteiger partial charge in [-0.1, -0.05) is 24.4 Å². The van der Waals surface area contributed by atoms with Gasteiger partial charge in [-0.25, -0.2) is 0 Å². The van der Waals surface area contributed by atoms with Crippen LogP contribution < -0.4 is 10.2 Å². The van der Waals surface area contributed by atoms with Gasteiger partial charge in [0, 0.05) is 23.1 Å². The largest absolute Gasteiger partial charge is 0.342 e. The fourth-order valence-corrected chi connectivity index (χ4v) is 3.66. The van der Waals surface area contributed by atoms with E-state index in [-0.39, 0.29) is 11.8 Å². The first-order valence-electron chi connectivity index (χ1n) is 7.10. The number of hydrogen-bond donors (Lipinski definition) is 1. The Morgan fingerprint density at radius 1 is 1.24 bits per heavy atom. The average molecular weight is 372 g/mol. The summed E-state index contributed by atoms with van der Waals surface area (Å²) in [4.78, 5) is 26.7.